The van der Waals surface area contributed by atoms with Gasteiger partial charge < -0.3 is 10.4 Å². The topological polar surface area (TPSA) is 52.6 Å². The molecule has 0 bridgehead atoms. The number of rotatable bonds is 8. The smallest absolute Gasteiger partial charge is 0.234 e. The Kier molecular flexibility index (Phi) is 7.34. The number of aliphatic hydroxyl groups excluding tert-OH is 1. The number of nitrogens with zero attached hydrogens (tertiary/aromatic N) is 1. The van der Waals surface area contributed by atoms with Crippen molar-refractivity contribution in [3.63, 3.8) is 0 Å². The Hall–Kier alpha value is -0.610. The third-order valence-electron chi connectivity index (χ3n) is 2.81. The minimum atomic E-state index is -0.131. The van der Waals surface area contributed by atoms with Gasteiger partial charge in [0.2, 0.25) is 5.91 Å². The van der Waals surface area contributed by atoms with Gasteiger partial charge in [-0.2, -0.15) is 0 Å². The molecule has 4 heteroatoms. The van der Waals surface area contributed by atoms with Gasteiger partial charge in [-0.25, -0.2) is 0 Å². The zero-order valence-electron chi connectivity index (χ0n) is 11.0. The summed E-state index contributed by atoms with van der Waals surface area (Å²) in [5.74, 6) is 0.0617. The van der Waals surface area contributed by atoms with Crippen LogP contribution in [0, 0.1) is 0 Å². The van der Waals surface area contributed by atoms with E-state index in [9.17, 15) is 4.79 Å². The maximum atomic E-state index is 11.7. The Balaban J connectivity index is 4.00. The van der Waals surface area contributed by atoms with Gasteiger partial charge in [0.25, 0.3) is 0 Å². The van der Waals surface area contributed by atoms with Gasteiger partial charge in [0.15, 0.2) is 0 Å². The SMILES string of the molecule is CCN(CCCO)CC(=O)NC(C)(C)CC. The van der Waals surface area contributed by atoms with E-state index in [2.05, 4.69) is 12.2 Å². The first-order chi connectivity index (χ1) is 7.45. The highest BCUT2D eigenvalue weighted by Crippen LogP contribution is 2.06. The number of likely N-dealkylation sites (N-methyl/N-ethyl adjacent to an activating group) is 1. The zero-order valence-corrected chi connectivity index (χ0v) is 11.0. The second kappa shape index (κ2) is 7.63. The second-order valence-corrected chi connectivity index (χ2v) is 4.73. The van der Waals surface area contributed by atoms with Gasteiger partial charge in [0.05, 0.1) is 6.54 Å². The normalized spacial score (nSPS) is 11.9. The predicted octanol–water partition coefficient (Wildman–Crippen LogP) is 0.995. The van der Waals surface area contributed by atoms with Crippen LogP contribution in [0.15, 0.2) is 0 Å². The van der Waals surface area contributed by atoms with Crippen LogP contribution in [0.3, 0.4) is 0 Å². The summed E-state index contributed by atoms with van der Waals surface area (Å²) in [6.45, 7) is 10.3. The van der Waals surface area contributed by atoms with Crippen molar-refractivity contribution in [3.05, 3.63) is 0 Å². The molecule has 0 heterocycles. The summed E-state index contributed by atoms with van der Waals surface area (Å²) in [4.78, 5) is 13.8. The van der Waals surface area contributed by atoms with Crippen molar-refractivity contribution >= 4 is 5.91 Å². The number of nitrogens with one attached hydrogen (secondary N) is 1. The summed E-state index contributed by atoms with van der Waals surface area (Å²) in [6.07, 6.45) is 1.64. The summed E-state index contributed by atoms with van der Waals surface area (Å²) >= 11 is 0. The molecule has 4 nitrogen and oxygen atoms in total. The lowest BCUT2D eigenvalue weighted by Crippen LogP contribution is -2.47. The van der Waals surface area contributed by atoms with Crippen LogP contribution in [0.4, 0.5) is 0 Å². The van der Waals surface area contributed by atoms with Crippen LogP contribution in [-0.2, 0) is 4.79 Å². The largest absolute Gasteiger partial charge is 0.396 e. The lowest BCUT2D eigenvalue weighted by atomic mass is 10.0. The number of amides is 1. The fraction of sp³-hybridized carbons (Fsp3) is 0.917. The quantitative estimate of drug-likeness (QED) is 0.654. The minimum absolute atomic E-state index is 0.0617. The van der Waals surface area contributed by atoms with Crippen molar-refractivity contribution in [3.8, 4) is 0 Å². The average Bonchev–Trinajstić information content (AvgIpc) is 2.23. The Bertz CT molecular complexity index is 205. The van der Waals surface area contributed by atoms with Crippen molar-refractivity contribution < 1.29 is 9.90 Å². The number of aliphatic hydroxyl groups is 1. The third kappa shape index (κ3) is 6.80. The number of carbonyl (C=O) groups excluding carboxylic acids is 1. The molecule has 0 saturated carbocycles. The number of hydrogen-bond donors (Lipinski definition) is 2. The lowest BCUT2D eigenvalue weighted by Gasteiger charge is -2.27. The lowest BCUT2D eigenvalue weighted by molar-refractivity contribution is -0.123. The summed E-state index contributed by atoms with van der Waals surface area (Å²) in [5, 5.41) is 11.7. The molecule has 2 N–H and O–H groups in total. The first-order valence-corrected chi connectivity index (χ1v) is 6.09. The molecule has 0 radical (unpaired) electrons. The van der Waals surface area contributed by atoms with E-state index in [0.29, 0.717) is 6.54 Å². The number of carbonyl (C=O) groups is 1. The molecule has 0 unspecified atom stereocenters. The van der Waals surface area contributed by atoms with Crippen molar-refractivity contribution in [2.45, 2.75) is 46.1 Å². The van der Waals surface area contributed by atoms with E-state index < -0.39 is 0 Å². The van der Waals surface area contributed by atoms with Crippen LogP contribution in [0.25, 0.3) is 0 Å². The fourth-order valence-electron chi connectivity index (χ4n) is 1.35. The van der Waals surface area contributed by atoms with Gasteiger partial charge in [-0.3, -0.25) is 9.69 Å². The molecule has 0 fully saturated rings. The molecule has 16 heavy (non-hydrogen) atoms. The van der Waals surface area contributed by atoms with E-state index in [4.69, 9.17) is 5.11 Å². The van der Waals surface area contributed by atoms with Gasteiger partial charge in [-0.1, -0.05) is 13.8 Å². The van der Waals surface area contributed by atoms with E-state index in [-0.39, 0.29) is 18.1 Å². The molecule has 0 spiro atoms. The van der Waals surface area contributed by atoms with Crippen LogP contribution in [-0.4, -0.2) is 47.7 Å². The van der Waals surface area contributed by atoms with Crippen LogP contribution >= 0.6 is 0 Å². The average molecular weight is 230 g/mol. The van der Waals surface area contributed by atoms with Gasteiger partial charge in [-0.15, -0.1) is 0 Å². The molecule has 0 aliphatic carbocycles. The van der Waals surface area contributed by atoms with E-state index in [1.807, 2.05) is 25.7 Å². The summed E-state index contributed by atoms with van der Waals surface area (Å²) < 4.78 is 0. The third-order valence-corrected chi connectivity index (χ3v) is 2.81. The Morgan fingerprint density at radius 3 is 2.44 bits per heavy atom. The number of hydrogen-bond acceptors (Lipinski definition) is 3. The zero-order chi connectivity index (χ0) is 12.6. The predicted molar refractivity (Wildman–Crippen MR) is 66.3 cm³/mol. The van der Waals surface area contributed by atoms with Crippen molar-refractivity contribution in [2.24, 2.45) is 0 Å². The minimum Gasteiger partial charge on any atom is -0.396 e. The highest BCUT2D eigenvalue weighted by Gasteiger charge is 2.18. The van der Waals surface area contributed by atoms with Gasteiger partial charge in [0, 0.05) is 18.7 Å². The molecule has 0 rings (SSSR count). The molecule has 0 aromatic heterocycles. The van der Waals surface area contributed by atoms with Crippen molar-refractivity contribution in [1.82, 2.24) is 10.2 Å². The van der Waals surface area contributed by atoms with Gasteiger partial charge >= 0.3 is 0 Å². The summed E-state index contributed by atoms with van der Waals surface area (Å²) in [6, 6.07) is 0. The van der Waals surface area contributed by atoms with Crippen molar-refractivity contribution in [2.75, 3.05) is 26.2 Å². The Morgan fingerprint density at radius 2 is 2.00 bits per heavy atom. The van der Waals surface area contributed by atoms with Gasteiger partial charge in [-0.05, 0) is 33.2 Å². The molecule has 0 saturated heterocycles. The highest BCUT2D eigenvalue weighted by molar-refractivity contribution is 5.78. The molecule has 0 atom stereocenters. The first kappa shape index (κ1) is 15.4. The molecule has 1 amide bonds. The fourth-order valence-corrected chi connectivity index (χ4v) is 1.35. The molecule has 0 aromatic carbocycles. The first-order valence-electron chi connectivity index (χ1n) is 6.09. The van der Waals surface area contributed by atoms with Crippen LogP contribution in [0.2, 0.25) is 0 Å². The van der Waals surface area contributed by atoms with Crippen LogP contribution in [0.1, 0.15) is 40.5 Å². The maximum absolute atomic E-state index is 11.7. The van der Waals surface area contributed by atoms with Crippen LogP contribution < -0.4 is 5.32 Å². The molecule has 0 aliphatic heterocycles. The van der Waals surface area contributed by atoms with E-state index in [0.717, 1.165) is 25.9 Å². The molecular weight excluding hydrogens is 204 g/mol. The highest BCUT2D eigenvalue weighted by atomic mass is 16.3. The molecule has 0 aliphatic rings. The standard InChI is InChI=1S/C12H26N2O2/c1-5-12(3,4)13-11(16)10-14(6-2)8-7-9-15/h15H,5-10H2,1-4H3,(H,13,16). The Labute approximate surface area is 99.0 Å². The second-order valence-electron chi connectivity index (χ2n) is 4.73. The summed E-state index contributed by atoms with van der Waals surface area (Å²) in [5.41, 5.74) is -0.131. The Morgan fingerprint density at radius 1 is 1.38 bits per heavy atom. The van der Waals surface area contributed by atoms with E-state index in [1.54, 1.807) is 0 Å². The molecular formula is C12H26N2O2. The maximum Gasteiger partial charge on any atom is 0.234 e. The molecule has 96 valence electrons. The van der Waals surface area contributed by atoms with Crippen molar-refractivity contribution in [1.29, 1.82) is 0 Å². The molecule has 0 aromatic rings. The summed E-state index contributed by atoms with van der Waals surface area (Å²) in [7, 11) is 0. The van der Waals surface area contributed by atoms with Gasteiger partial charge in [0.1, 0.15) is 0 Å². The van der Waals surface area contributed by atoms with Crippen LogP contribution in [0.5, 0.6) is 0 Å². The monoisotopic (exact) mass is 230 g/mol. The van der Waals surface area contributed by atoms with E-state index in [1.165, 1.54) is 0 Å². The van der Waals surface area contributed by atoms with E-state index >= 15 is 0 Å².